The van der Waals surface area contributed by atoms with Crippen molar-refractivity contribution in [3.05, 3.63) is 45.4 Å². The Morgan fingerprint density at radius 2 is 1.83 bits per heavy atom. The van der Waals surface area contributed by atoms with E-state index in [1.165, 1.54) is 27.4 Å². The lowest BCUT2D eigenvalue weighted by Gasteiger charge is -2.62. The molecule has 3 heterocycles. The first-order valence-electron chi connectivity index (χ1n) is 8.49. The summed E-state index contributed by atoms with van der Waals surface area (Å²) in [6, 6.07) is 7.12. The van der Waals surface area contributed by atoms with E-state index in [1.54, 1.807) is 0 Å². The molecule has 3 heteroatoms. The topological polar surface area (TPSA) is 16.1 Å². The summed E-state index contributed by atoms with van der Waals surface area (Å²) in [6.45, 7) is 16.7. The molecule has 0 saturated carbocycles. The van der Waals surface area contributed by atoms with Crippen molar-refractivity contribution in [2.75, 3.05) is 4.90 Å². The first-order valence-corrected chi connectivity index (χ1v) is 9.37. The van der Waals surface area contributed by atoms with Crippen molar-refractivity contribution in [1.82, 2.24) is 4.98 Å². The molecule has 2 aliphatic heterocycles. The number of benzene rings is 1. The molecule has 122 valence electrons. The van der Waals surface area contributed by atoms with E-state index in [9.17, 15) is 0 Å². The van der Waals surface area contributed by atoms with Crippen LogP contribution < -0.4 is 4.90 Å². The zero-order chi connectivity index (χ0) is 16.8. The molecule has 0 fully saturated rings. The highest BCUT2D eigenvalue weighted by Crippen LogP contribution is 2.67. The van der Waals surface area contributed by atoms with Gasteiger partial charge >= 0.3 is 0 Å². The fourth-order valence-electron chi connectivity index (χ4n) is 4.97. The van der Waals surface area contributed by atoms with Crippen molar-refractivity contribution in [2.45, 2.75) is 65.5 Å². The van der Waals surface area contributed by atoms with Gasteiger partial charge in [-0.2, -0.15) is 0 Å². The van der Waals surface area contributed by atoms with Crippen LogP contribution in [-0.2, 0) is 11.0 Å². The molecule has 0 saturated heterocycles. The molecule has 1 aromatic carbocycles. The van der Waals surface area contributed by atoms with Crippen molar-refractivity contribution < 1.29 is 0 Å². The quantitative estimate of drug-likeness (QED) is 0.629. The lowest BCUT2D eigenvalue weighted by Crippen LogP contribution is -2.61. The lowest BCUT2D eigenvalue weighted by atomic mass is 9.52. The molecule has 0 aliphatic carbocycles. The minimum atomic E-state index is -0.0223. The monoisotopic (exact) mass is 326 g/mol. The molecule has 0 amide bonds. The highest BCUT2D eigenvalue weighted by atomic mass is 32.1. The first-order chi connectivity index (χ1) is 10.7. The van der Waals surface area contributed by atoms with Crippen LogP contribution in [0.2, 0.25) is 0 Å². The number of thiazole rings is 1. The Bertz CT molecular complexity index is 802. The normalized spacial score (nSPS) is 29.9. The fraction of sp³-hybridized carbons (Fsp3) is 0.550. The Morgan fingerprint density at radius 1 is 1.13 bits per heavy atom. The predicted molar refractivity (Wildman–Crippen MR) is 98.3 cm³/mol. The lowest BCUT2D eigenvalue weighted by molar-refractivity contribution is 0.0672. The smallest absolute Gasteiger partial charge is 0.0803 e. The molecule has 2 aliphatic rings. The average Bonchev–Trinajstić information content (AvgIpc) is 3.03. The number of fused-ring (bicyclic) bond motifs is 5. The Labute approximate surface area is 143 Å². The highest BCUT2D eigenvalue weighted by Gasteiger charge is 2.64. The third-order valence-corrected chi connectivity index (χ3v) is 8.29. The van der Waals surface area contributed by atoms with Gasteiger partial charge in [0.25, 0.3) is 0 Å². The third-order valence-electron chi connectivity index (χ3n) is 7.23. The summed E-state index contributed by atoms with van der Waals surface area (Å²) in [5, 5.41) is 0. The van der Waals surface area contributed by atoms with E-state index in [-0.39, 0.29) is 16.4 Å². The molecular weight excluding hydrogens is 300 g/mol. The number of hydrogen-bond acceptors (Lipinski definition) is 3. The van der Waals surface area contributed by atoms with E-state index >= 15 is 0 Å². The van der Waals surface area contributed by atoms with Crippen molar-refractivity contribution in [2.24, 2.45) is 5.41 Å². The average molecular weight is 327 g/mol. The van der Waals surface area contributed by atoms with Crippen LogP contribution in [0, 0.1) is 12.3 Å². The minimum absolute atomic E-state index is 0.0223. The van der Waals surface area contributed by atoms with Crippen LogP contribution in [0.4, 0.5) is 5.69 Å². The molecule has 0 spiro atoms. The summed E-state index contributed by atoms with van der Waals surface area (Å²) in [5.74, 6) is 0. The maximum absolute atomic E-state index is 4.74. The molecule has 1 aromatic heterocycles. The van der Waals surface area contributed by atoms with Crippen LogP contribution in [0.25, 0.3) is 0 Å². The number of nitrogens with zero attached hydrogens (tertiary/aromatic N) is 2. The molecule has 0 radical (unpaired) electrons. The standard InChI is InChI=1S/C20H26N2S/c1-12-9-8-10-14-16(12)22-13(2)15-17(23-11-21-15)20(22,7)19(5,6)18(14,3)4/h8-11,13H,1-7H3. The molecule has 2 unspecified atom stereocenters. The van der Waals surface area contributed by atoms with Gasteiger partial charge in [0.15, 0.2) is 0 Å². The van der Waals surface area contributed by atoms with Gasteiger partial charge in [0.1, 0.15) is 0 Å². The first kappa shape index (κ1) is 15.2. The summed E-state index contributed by atoms with van der Waals surface area (Å²) in [4.78, 5) is 8.86. The molecule has 2 nitrogen and oxygen atoms in total. The molecule has 0 N–H and O–H groups in total. The van der Waals surface area contributed by atoms with Crippen LogP contribution in [-0.4, -0.2) is 4.98 Å². The maximum atomic E-state index is 4.74. The predicted octanol–water partition coefficient (Wildman–Crippen LogP) is 5.57. The largest absolute Gasteiger partial charge is 0.352 e. The van der Waals surface area contributed by atoms with Crippen LogP contribution in [0.3, 0.4) is 0 Å². The summed E-state index contributed by atoms with van der Waals surface area (Å²) in [5.41, 5.74) is 7.74. The van der Waals surface area contributed by atoms with E-state index in [1.807, 2.05) is 16.8 Å². The van der Waals surface area contributed by atoms with Crippen LogP contribution in [0.15, 0.2) is 23.7 Å². The number of rotatable bonds is 0. The van der Waals surface area contributed by atoms with Crippen molar-refractivity contribution in [1.29, 1.82) is 0 Å². The number of para-hydroxylation sites is 1. The van der Waals surface area contributed by atoms with E-state index < -0.39 is 0 Å². The van der Waals surface area contributed by atoms with Gasteiger partial charge in [-0.05, 0) is 37.3 Å². The van der Waals surface area contributed by atoms with E-state index in [2.05, 4.69) is 71.6 Å². The second-order valence-electron chi connectivity index (χ2n) is 8.41. The second kappa shape index (κ2) is 4.18. The molecular formula is C20H26N2S. The van der Waals surface area contributed by atoms with Gasteiger partial charge in [-0.1, -0.05) is 45.9 Å². The van der Waals surface area contributed by atoms with Gasteiger partial charge in [0.2, 0.25) is 0 Å². The van der Waals surface area contributed by atoms with E-state index in [0.717, 1.165) is 0 Å². The van der Waals surface area contributed by atoms with Gasteiger partial charge in [0, 0.05) is 11.1 Å². The zero-order valence-electron chi connectivity index (χ0n) is 15.2. The number of aromatic nitrogens is 1. The maximum Gasteiger partial charge on any atom is 0.0803 e. The number of hydrogen-bond donors (Lipinski definition) is 0. The van der Waals surface area contributed by atoms with Gasteiger partial charge in [-0.3, -0.25) is 0 Å². The third kappa shape index (κ3) is 1.44. The minimum Gasteiger partial charge on any atom is -0.352 e. The van der Waals surface area contributed by atoms with Crippen molar-refractivity contribution >= 4 is 17.0 Å². The molecule has 2 atom stereocenters. The van der Waals surface area contributed by atoms with Gasteiger partial charge in [0.05, 0.1) is 27.7 Å². The summed E-state index contributed by atoms with van der Waals surface area (Å²) in [7, 11) is 0. The van der Waals surface area contributed by atoms with Crippen LogP contribution in [0.1, 0.15) is 69.3 Å². The summed E-state index contributed by atoms with van der Waals surface area (Å²) in [6.07, 6.45) is 0. The van der Waals surface area contributed by atoms with E-state index in [0.29, 0.717) is 6.04 Å². The van der Waals surface area contributed by atoms with Gasteiger partial charge < -0.3 is 4.90 Å². The summed E-state index contributed by atoms with van der Waals surface area (Å²) < 4.78 is 0. The molecule has 4 rings (SSSR count). The second-order valence-corrected chi connectivity index (χ2v) is 9.26. The Kier molecular flexibility index (Phi) is 2.76. The zero-order valence-corrected chi connectivity index (χ0v) is 16.0. The number of aryl methyl sites for hydroxylation is 1. The SMILES string of the molecule is Cc1cccc2c1N1C(C)c3ncsc3C1(C)C(C)(C)C2(C)C. The van der Waals surface area contributed by atoms with Gasteiger partial charge in [-0.25, -0.2) is 4.98 Å². The molecule has 23 heavy (non-hydrogen) atoms. The fourth-order valence-corrected chi connectivity index (χ4v) is 6.16. The number of anilines is 1. The Hall–Kier alpha value is -1.35. The Balaban J connectivity index is 2.15. The summed E-state index contributed by atoms with van der Waals surface area (Å²) >= 11 is 1.83. The Morgan fingerprint density at radius 3 is 2.52 bits per heavy atom. The highest BCUT2D eigenvalue weighted by molar-refractivity contribution is 7.10. The molecule has 2 aromatic rings. The van der Waals surface area contributed by atoms with Crippen molar-refractivity contribution in [3.63, 3.8) is 0 Å². The van der Waals surface area contributed by atoms with E-state index in [4.69, 9.17) is 4.98 Å². The van der Waals surface area contributed by atoms with Crippen LogP contribution >= 0.6 is 11.3 Å². The van der Waals surface area contributed by atoms with Gasteiger partial charge in [-0.15, -0.1) is 11.3 Å². The molecule has 0 bridgehead atoms. The van der Waals surface area contributed by atoms with Crippen LogP contribution in [0.5, 0.6) is 0 Å². The van der Waals surface area contributed by atoms with Crippen molar-refractivity contribution in [3.8, 4) is 0 Å².